The summed E-state index contributed by atoms with van der Waals surface area (Å²) in [5.74, 6) is 0. The number of hydrogen-bond donors (Lipinski definition) is 1. The van der Waals surface area contributed by atoms with Crippen LogP contribution in [0.3, 0.4) is 0 Å². The largest absolute Gasteiger partial charge is 0.381 e. The molecule has 0 fully saturated rings. The van der Waals surface area contributed by atoms with Gasteiger partial charge in [-0.3, -0.25) is 9.48 Å². The Hall–Kier alpha value is -2.09. The smallest absolute Gasteiger partial charge is 0.292 e. The second-order valence-electron chi connectivity index (χ2n) is 4.78. The van der Waals surface area contributed by atoms with Crippen molar-refractivity contribution in [3.63, 3.8) is 0 Å². The van der Waals surface area contributed by atoms with Crippen LogP contribution in [0.15, 0.2) is 41.6 Å². The van der Waals surface area contributed by atoms with Crippen LogP contribution in [-0.4, -0.2) is 31.3 Å². The van der Waals surface area contributed by atoms with E-state index in [4.69, 9.17) is 34.8 Å². The van der Waals surface area contributed by atoms with E-state index in [1.807, 2.05) is 0 Å². The number of aromatic nitrogens is 5. The Labute approximate surface area is 151 Å². The Kier molecular flexibility index (Phi) is 5.03. The lowest BCUT2D eigenvalue weighted by atomic mass is 10.3. The summed E-state index contributed by atoms with van der Waals surface area (Å²) >= 11 is 18.1. The molecule has 1 aromatic carbocycles. The Morgan fingerprint density at radius 3 is 2.75 bits per heavy atom. The third-order valence-corrected chi connectivity index (χ3v) is 4.09. The highest BCUT2D eigenvalue weighted by Gasteiger charge is 2.13. The molecular formula is C14H11Cl3N6O. The summed E-state index contributed by atoms with van der Waals surface area (Å²) in [5.41, 5.74) is 0.358. The van der Waals surface area contributed by atoms with Crippen LogP contribution in [0, 0.1) is 0 Å². The standard InChI is InChI=1S/C14H11Cl3N6O/c15-9-1-2-12(10(16)7-9)23-14(24)13(17)11(8-20-23)18-3-5-22-6-4-19-21-22/h1-2,4,6-8,18H,3,5H2. The zero-order valence-electron chi connectivity index (χ0n) is 12.2. The number of rotatable bonds is 5. The van der Waals surface area contributed by atoms with Gasteiger partial charge in [0.1, 0.15) is 5.02 Å². The zero-order valence-corrected chi connectivity index (χ0v) is 14.4. The number of benzene rings is 1. The molecule has 0 bridgehead atoms. The van der Waals surface area contributed by atoms with Crippen molar-refractivity contribution < 1.29 is 0 Å². The third-order valence-electron chi connectivity index (χ3n) is 3.19. The predicted octanol–water partition coefficient (Wildman–Crippen LogP) is 2.90. The molecule has 3 aromatic rings. The first-order valence-electron chi connectivity index (χ1n) is 6.87. The van der Waals surface area contributed by atoms with E-state index in [-0.39, 0.29) is 5.02 Å². The highest BCUT2D eigenvalue weighted by molar-refractivity contribution is 6.36. The molecule has 24 heavy (non-hydrogen) atoms. The molecule has 0 aliphatic rings. The molecule has 0 aliphatic carbocycles. The van der Waals surface area contributed by atoms with Crippen LogP contribution in [0.5, 0.6) is 0 Å². The van der Waals surface area contributed by atoms with Crippen LogP contribution in [0.2, 0.25) is 15.1 Å². The van der Waals surface area contributed by atoms with Gasteiger partial charge in [0.05, 0.1) is 35.3 Å². The van der Waals surface area contributed by atoms with Crippen molar-refractivity contribution in [3.05, 3.63) is 62.2 Å². The van der Waals surface area contributed by atoms with Crippen LogP contribution >= 0.6 is 34.8 Å². The predicted molar refractivity (Wildman–Crippen MR) is 93.4 cm³/mol. The molecule has 0 aliphatic heterocycles. The third kappa shape index (κ3) is 3.53. The van der Waals surface area contributed by atoms with Gasteiger partial charge in [0.25, 0.3) is 5.56 Å². The highest BCUT2D eigenvalue weighted by Crippen LogP contribution is 2.24. The summed E-state index contributed by atoms with van der Waals surface area (Å²) in [4.78, 5) is 12.4. The van der Waals surface area contributed by atoms with E-state index in [2.05, 4.69) is 20.7 Å². The SMILES string of the molecule is O=c1c(Cl)c(NCCn2ccnn2)cnn1-c1ccc(Cl)cc1Cl. The average molecular weight is 386 g/mol. The molecule has 124 valence electrons. The van der Waals surface area contributed by atoms with Gasteiger partial charge in [-0.2, -0.15) is 9.78 Å². The molecule has 0 unspecified atom stereocenters. The Balaban J connectivity index is 1.82. The Morgan fingerprint density at radius 1 is 1.21 bits per heavy atom. The summed E-state index contributed by atoms with van der Waals surface area (Å²) < 4.78 is 2.78. The van der Waals surface area contributed by atoms with Gasteiger partial charge in [0.2, 0.25) is 0 Å². The fourth-order valence-corrected chi connectivity index (χ4v) is 2.72. The molecule has 0 atom stereocenters. The number of nitrogens with one attached hydrogen (secondary N) is 1. The maximum Gasteiger partial charge on any atom is 0.292 e. The van der Waals surface area contributed by atoms with Gasteiger partial charge < -0.3 is 5.32 Å². The van der Waals surface area contributed by atoms with Gasteiger partial charge >= 0.3 is 0 Å². The Morgan fingerprint density at radius 2 is 2.04 bits per heavy atom. The quantitative estimate of drug-likeness (QED) is 0.731. The Bertz CT molecular complexity index is 909. The van der Waals surface area contributed by atoms with E-state index in [9.17, 15) is 4.79 Å². The topological polar surface area (TPSA) is 77.6 Å². The lowest BCUT2D eigenvalue weighted by molar-refractivity contribution is 0.608. The second-order valence-corrected chi connectivity index (χ2v) is 6.00. The number of halogens is 3. The first-order chi connectivity index (χ1) is 11.6. The van der Waals surface area contributed by atoms with Gasteiger partial charge in [0.15, 0.2) is 0 Å². The minimum Gasteiger partial charge on any atom is -0.381 e. The molecule has 7 nitrogen and oxygen atoms in total. The van der Waals surface area contributed by atoms with E-state index in [1.165, 1.54) is 12.3 Å². The number of nitrogens with zero attached hydrogens (tertiary/aromatic N) is 5. The van der Waals surface area contributed by atoms with Gasteiger partial charge in [-0.25, -0.2) is 0 Å². The van der Waals surface area contributed by atoms with E-state index < -0.39 is 5.56 Å². The van der Waals surface area contributed by atoms with Gasteiger partial charge in [-0.05, 0) is 18.2 Å². The van der Waals surface area contributed by atoms with Gasteiger partial charge in [0, 0.05) is 17.8 Å². The summed E-state index contributed by atoms with van der Waals surface area (Å²) in [5, 5.41) is 15.5. The molecule has 2 aromatic heterocycles. The van der Waals surface area contributed by atoms with Crippen LogP contribution in [0.4, 0.5) is 5.69 Å². The minimum absolute atomic E-state index is 0.0228. The molecule has 0 amide bonds. The van der Waals surface area contributed by atoms with Crippen LogP contribution in [0.1, 0.15) is 0 Å². The van der Waals surface area contributed by atoms with E-state index in [0.29, 0.717) is 34.5 Å². The van der Waals surface area contributed by atoms with E-state index in [0.717, 1.165) is 4.68 Å². The first kappa shape index (κ1) is 16.8. The van der Waals surface area contributed by atoms with Crippen molar-refractivity contribution in [2.24, 2.45) is 0 Å². The second kappa shape index (κ2) is 7.21. The van der Waals surface area contributed by atoms with E-state index >= 15 is 0 Å². The zero-order chi connectivity index (χ0) is 17.1. The molecule has 2 heterocycles. The molecule has 0 spiro atoms. The van der Waals surface area contributed by atoms with Crippen LogP contribution < -0.4 is 10.9 Å². The van der Waals surface area contributed by atoms with Crippen LogP contribution in [-0.2, 0) is 6.54 Å². The molecule has 3 rings (SSSR count). The average Bonchev–Trinajstić information content (AvgIpc) is 3.06. The summed E-state index contributed by atoms with van der Waals surface area (Å²) in [6.45, 7) is 1.08. The molecule has 0 saturated heterocycles. The fraction of sp³-hybridized carbons (Fsp3) is 0.143. The van der Waals surface area contributed by atoms with Crippen molar-refractivity contribution in [3.8, 4) is 5.69 Å². The van der Waals surface area contributed by atoms with Crippen LogP contribution in [0.25, 0.3) is 5.69 Å². The first-order valence-corrected chi connectivity index (χ1v) is 8.01. The summed E-state index contributed by atoms with van der Waals surface area (Å²) in [6, 6.07) is 4.76. The lowest BCUT2D eigenvalue weighted by Gasteiger charge is -2.11. The lowest BCUT2D eigenvalue weighted by Crippen LogP contribution is -2.23. The summed E-state index contributed by atoms with van der Waals surface area (Å²) in [7, 11) is 0. The van der Waals surface area contributed by atoms with Crippen molar-refractivity contribution in [2.45, 2.75) is 6.54 Å². The van der Waals surface area contributed by atoms with Gasteiger partial charge in [-0.15, -0.1) is 5.10 Å². The van der Waals surface area contributed by atoms with Crippen molar-refractivity contribution in [1.82, 2.24) is 24.8 Å². The summed E-state index contributed by atoms with van der Waals surface area (Å²) in [6.07, 6.45) is 4.80. The normalized spacial score (nSPS) is 10.8. The number of hydrogen-bond acceptors (Lipinski definition) is 5. The number of anilines is 1. The molecular weight excluding hydrogens is 375 g/mol. The highest BCUT2D eigenvalue weighted by atomic mass is 35.5. The van der Waals surface area contributed by atoms with Crippen molar-refractivity contribution >= 4 is 40.5 Å². The maximum atomic E-state index is 12.4. The van der Waals surface area contributed by atoms with E-state index in [1.54, 1.807) is 29.2 Å². The van der Waals surface area contributed by atoms with Crippen molar-refractivity contribution in [1.29, 1.82) is 0 Å². The molecule has 0 radical (unpaired) electrons. The van der Waals surface area contributed by atoms with Gasteiger partial charge in [-0.1, -0.05) is 40.0 Å². The fourth-order valence-electron chi connectivity index (χ4n) is 2.04. The molecule has 1 N–H and O–H groups in total. The molecule has 10 heteroatoms. The maximum absolute atomic E-state index is 12.4. The molecule has 0 saturated carbocycles. The minimum atomic E-state index is -0.480. The monoisotopic (exact) mass is 384 g/mol. The van der Waals surface area contributed by atoms with Crippen molar-refractivity contribution in [2.75, 3.05) is 11.9 Å².